The molecule has 2 aromatic heterocycles. The van der Waals surface area contributed by atoms with Gasteiger partial charge in [0.1, 0.15) is 0 Å². The summed E-state index contributed by atoms with van der Waals surface area (Å²) in [6, 6.07) is 4.09. The first-order chi connectivity index (χ1) is 12.5. The third-order valence-electron chi connectivity index (χ3n) is 3.73. The monoisotopic (exact) mass is 355 g/mol. The topological polar surface area (TPSA) is 132 Å². The molecule has 2 heterocycles. The molecule has 0 spiro atoms. The number of methoxy groups -OCH3 is 2. The van der Waals surface area contributed by atoms with Crippen LogP contribution in [0, 0.1) is 0 Å². The molecule has 0 saturated carbocycles. The van der Waals surface area contributed by atoms with E-state index < -0.39 is 11.9 Å². The van der Waals surface area contributed by atoms with Crippen LogP contribution in [0.4, 0.5) is 0 Å². The van der Waals surface area contributed by atoms with Crippen molar-refractivity contribution in [3.63, 3.8) is 0 Å². The molecule has 0 aliphatic rings. The molecule has 0 unspecified atom stereocenters. The maximum atomic E-state index is 11.5. The van der Waals surface area contributed by atoms with Crippen molar-refractivity contribution in [3.8, 4) is 23.0 Å². The molecule has 3 aromatic rings. The molecular formula is C17H13N3O6. The number of pyridine rings is 1. The average molecular weight is 355 g/mol. The molecule has 0 amide bonds. The Morgan fingerprint density at radius 1 is 0.962 bits per heavy atom. The minimum atomic E-state index is -1.20. The van der Waals surface area contributed by atoms with Crippen molar-refractivity contribution < 1.29 is 29.3 Å². The Hall–Kier alpha value is -3.75. The van der Waals surface area contributed by atoms with Gasteiger partial charge in [-0.1, -0.05) is 0 Å². The zero-order valence-corrected chi connectivity index (χ0v) is 13.8. The molecule has 0 radical (unpaired) electrons. The number of hydrogen-bond donors (Lipinski definition) is 2. The van der Waals surface area contributed by atoms with Gasteiger partial charge in [-0.25, -0.2) is 14.6 Å². The lowest BCUT2D eigenvalue weighted by Gasteiger charge is -2.10. The van der Waals surface area contributed by atoms with Crippen LogP contribution in [0.3, 0.4) is 0 Å². The molecule has 9 nitrogen and oxygen atoms in total. The fraction of sp³-hybridized carbons (Fsp3) is 0.118. The smallest absolute Gasteiger partial charge is 0.337 e. The number of carboxylic acids is 2. The molecule has 0 saturated heterocycles. The van der Waals surface area contributed by atoms with Crippen LogP contribution in [0.25, 0.3) is 22.0 Å². The minimum absolute atomic E-state index is 0.0623. The van der Waals surface area contributed by atoms with Crippen molar-refractivity contribution >= 4 is 22.8 Å². The summed E-state index contributed by atoms with van der Waals surface area (Å²) in [6.07, 6.45) is 2.86. The van der Waals surface area contributed by atoms with Crippen LogP contribution in [0.1, 0.15) is 20.7 Å². The lowest BCUT2D eigenvalue weighted by atomic mass is 10.0. The Morgan fingerprint density at radius 2 is 1.65 bits per heavy atom. The van der Waals surface area contributed by atoms with E-state index >= 15 is 0 Å². The van der Waals surface area contributed by atoms with Gasteiger partial charge in [0, 0.05) is 23.3 Å². The first-order valence-corrected chi connectivity index (χ1v) is 7.31. The predicted molar refractivity (Wildman–Crippen MR) is 89.8 cm³/mol. The highest BCUT2D eigenvalue weighted by Crippen LogP contribution is 2.32. The Bertz CT molecular complexity index is 1030. The van der Waals surface area contributed by atoms with Crippen LogP contribution in [0.5, 0.6) is 11.9 Å². The van der Waals surface area contributed by atoms with Crippen LogP contribution >= 0.6 is 0 Å². The molecule has 0 aliphatic carbocycles. The van der Waals surface area contributed by atoms with Crippen molar-refractivity contribution in [2.45, 2.75) is 0 Å². The SMILES string of the molecule is COc1ncc(-c2cnc3c(C(=O)O)ccc(C(=O)O)c3c2)c(OC)n1. The standard InChI is InChI=1S/C17H13N3O6/c1-25-14-12(7-19-17(20-14)26-2)8-5-11-9(15(21)22)3-4-10(16(23)24)13(11)18-6-8/h3-7H,1-2H3,(H,21,22)(H,23,24). The number of fused-ring (bicyclic) bond motifs is 1. The maximum Gasteiger partial charge on any atom is 0.337 e. The fourth-order valence-electron chi connectivity index (χ4n) is 2.53. The first kappa shape index (κ1) is 17.1. The molecule has 2 N–H and O–H groups in total. The number of rotatable bonds is 5. The van der Waals surface area contributed by atoms with E-state index in [1.165, 1.54) is 44.8 Å². The van der Waals surface area contributed by atoms with Crippen molar-refractivity contribution in [3.05, 3.63) is 41.7 Å². The van der Waals surface area contributed by atoms with E-state index in [0.29, 0.717) is 11.1 Å². The Kier molecular flexibility index (Phi) is 4.36. The summed E-state index contributed by atoms with van der Waals surface area (Å²) in [6.45, 7) is 0. The van der Waals surface area contributed by atoms with Gasteiger partial charge in [0.2, 0.25) is 5.88 Å². The molecule has 9 heteroatoms. The normalized spacial score (nSPS) is 10.5. The zero-order valence-electron chi connectivity index (χ0n) is 13.8. The van der Waals surface area contributed by atoms with Gasteiger partial charge in [0.05, 0.1) is 36.4 Å². The van der Waals surface area contributed by atoms with Gasteiger partial charge in [0.15, 0.2) is 0 Å². The van der Waals surface area contributed by atoms with E-state index in [1.807, 2.05) is 0 Å². The summed E-state index contributed by atoms with van der Waals surface area (Å²) >= 11 is 0. The van der Waals surface area contributed by atoms with E-state index in [-0.39, 0.29) is 33.9 Å². The highest BCUT2D eigenvalue weighted by molar-refractivity contribution is 6.10. The van der Waals surface area contributed by atoms with Gasteiger partial charge in [-0.05, 0) is 18.2 Å². The Morgan fingerprint density at radius 3 is 2.27 bits per heavy atom. The average Bonchev–Trinajstić information content (AvgIpc) is 2.65. The molecule has 0 bridgehead atoms. The highest BCUT2D eigenvalue weighted by Gasteiger charge is 2.18. The molecular weight excluding hydrogens is 342 g/mol. The van der Waals surface area contributed by atoms with Crippen molar-refractivity contribution in [1.82, 2.24) is 15.0 Å². The number of aromatic nitrogens is 3. The molecule has 26 heavy (non-hydrogen) atoms. The number of hydrogen-bond acceptors (Lipinski definition) is 7. The van der Waals surface area contributed by atoms with Crippen molar-refractivity contribution in [1.29, 1.82) is 0 Å². The van der Waals surface area contributed by atoms with E-state index in [0.717, 1.165) is 0 Å². The number of carboxylic acid groups (broad SMARTS) is 2. The number of carbonyl (C=O) groups is 2. The van der Waals surface area contributed by atoms with Gasteiger partial charge in [-0.3, -0.25) is 4.98 Å². The van der Waals surface area contributed by atoms with E-state index in [9.17, 15) is 19.8 Å². The van der Waals surface area contributed by atoms with Crippen molar-refractivity contribution in [2.75, 3.05) is 14.2 Å². The molecule has 0 fully saturated rings. The van der Waals surface area contributed by atoms with Crippen LogP contribution in [0.2, 0.25) is 0 Å². The molecule has 3 rings (SSSR count). The van der Waals surface area contributed by atoms with Crippen LogP contribution in [0.15, 0.2) is 30.6 Å². The third-order valence-corrected chi connectivity index (χ3v) is 3.73. The number of aromatic carboxylic acids is 2. The van der Waals surface area contributed by atoms with E-state index in [1.54, 1.807) is 0 Å². The summed E-state index contributed by atoms with van der Waals surface area (Å²) in [5.74, 6) is -2.18. The van der Waals surface area contributed by atoms with E-state index in [4.69, 9.17) is 9.47 Å². The summed E-state index contributed by atoms with van der Waals surface area (Å²) in [7, 11) is 2.84. The quantitative estimate of drug-likeness (QED) is 0.706. The highest BCUT2D eigenvalue weighted by atomic mass is 16.5. The summed E-state index contributed by atoms with van der Waals surface area (Å²) in [5.41, 5.74) is 0.860. The van der Waals surface area contributed by atoms with Crippen LogP contribution in [-0.2, 0) is 0 Å². The van der Waals surface area contributed by atoms with Crippen LogP contribution < -0.4 is 9.47 Å². The minimum Gasteiger partial charge on any atom is -0.480 e. The second-order valence-corrected chi connectivity index (χ2v) is 5.17. The number of nitrogens with zero attached hydrogens (tertiary/aromatic N) is 3. The summed E-state index contributed by atoms with van der Waals surface area (Å²) in [4.78, 5) is 35.1. The Labute approximate surface area is 146 Å². The van der Waals surface area contributed by atoms with Gasteiger partial charge in [-0.2, -0.15) is 4.98 Å². The molecule has 0 aliphatic heterocycles. The van der Waals surface area contributed by atoms with Crippen LogP contribution in [-0.4, -0.2) is 51.3 Å². The second kappa shape index (κ2) is 6.63. The predicted octanol–water partition coefficient (Wildman–Crippen LogP) is 2.11. The fourth-order valence-corrected chi connectivity index (χ4v) is 2.53. The zero-order chi connectivity index (χ0) is 18.8. The first-order valence-electron chi connectivity index (χ1n) is 7.31. The molecule has 0 atom stereocenters. The van der Waals surface area contributed by atoms with Gasteiger partial charge in [0.25, 0.3) is 0 Å². The van der Waals surface area contributed by atoms with E-state index in [2.05, 4.69) is 15.0 Å². The van der Waals surface area contributed by atoms with Gasteiger partial charge < -0.3 is 19.7 Å². The lowest BCUT2D eigenvalue weighted by Crippen LogP contribution is -2.05. The Balaban J connectivity index is 2.28. The summed E-state index contributed by atoms with van der Waals surface area (Å²) < 4.78 is 10.2. The van der Waals surface area contributed by atoms with Gasteiger partial charge >= 0.3 is 17.9 Å². The number of ether oxygens (including phenoxy) is 2. The van der Waals surface area contributed by atoms with Gasteiger partial charge in [-0.15, -0.1) is 0 Å². The molecule has 1 aromatic carbocycles. The lowest BCUT2D eigenvalue weighted by molar-refractivity contribution is 0.0684. The molecule has 132 valence electrons. The van der Waals surface area contributed by atoms with Crippen molar-refractivity contribution in [2.24, 2.45) is 0 Å². The summed E-state index contributed by atoms with van der Waals surface area (Å²) in [5, 5.41) is 18.9. The maximum absolute atomic E-state index is 11.5. The third kappa shape index (κ3) is 2.86. The largest absolute Gasteiger partial charge is 0.480 e. The second-order valence-electron chi connectivity index (χ2n) is 5.17. The number of benzene rings is 1.